The molecule has 2 rings (SSSR count). The van der Waals surface area contributed by atoms with Gasteiger partial charge in [-0.05, 0) is 37.3 Å². The minimum Gasteiger partial charge on any atom is -0.445 e. The molecule has 142 valence electrons. The van der Waals surface area contributed by atoms with Crippen LogP contribution in [0.4, 0.5) is 4.79 Å². The van der Waals surface area contributed by atoms with Crippen molar-refractivity contribution in [2.75, 3.05) is 6.54 Å². The molecule has 1 aromatic carbocycles. The molecule has 1 aliphatic rings. The predicted molar refractivity (Wildman–Crippen MR) is 100 cm³/mol. The van der Waals surface area contributed by atoms with Crippen LogP contribution in [0.5, 0.6) is 0 Å². The Morgan fingerprint density at radius 3 is 2.69 bits per heavy atom. The summed E-state index contributed by atoms with van der Waals surface area (Å²) in [6.45, 7) is 4.43. The largest absolute Gasteiger partial charge is 0.445 e. The molecule has 1 fully saturated rings. The average molecular weight is 359 g/mol. The number of hydrogen-bond donors (Lipinski definition) is 0. The van der Waals surface area contributed by atoms with Crippen molar-refractivity contribution in [2.45, 2.75) is 65.0 Å². The summed E-state index contributed by atoms with van der Waals surface area (Å²) in [6, 6.07) is 9.57. The zero-order chi connectivity index (χ0) is 18.8. The van der Waals surface area contributed by atoms with Gasteiger partial charge in [0.2, 0.25) is 0 Å². The zero-order valence-corrected chi connectivity index (χ0v) is 15.8. The molecule has 1 atom stereocenters. The van der Waals surface area contributed by atoms with Gasteiger partial charge < -0.3 is 14.4 Å². The highest BCUT2D eigenvalue weighted by Gasteiger charge is 2.27. The molecular formula is C21H29NO4. The van der Waals surface area contributed by atoms with Gasteiger partial charge in [-0.3, -0.25) is 4.79 Å². The van der Waals surface area contributed by atoms with Crippen molar-refractivity contribution in [3.05, 3.63) is 47.7 Å². The van der Waals surface area contributed by atoms with Gasteiger partial charge in [0.25, 0.3) is 0 Å². The monoisotopic (exact) mass is 359 g/mol. The van der Waals surface area contributed by atoms with Crippen LogP contribution in [0.15, 0.2) is 42.2 Å². The number of rotatable bonds is 7. The number of benzene rings is 1. The lowest BCUT2D eigenvalue weighted by Crippen LogP contribution is -2.43. The fraction of sp³-hybridized carbons (Fsp3) is 0.524. The molecule has 1 saturated heterocycles. The molecule has 0 aromatic heterocycles. The molecule has 26 heavy (non-hydrogen) atoms. The van der Waals surface area contributed by atoms with Gasteiger partial charge in [-0.1, -0.05) is 43.7 Å². The van der Waals surface area contributed by atoms with Gasteiger partial charge in [0.1, 0.15) is 12.4 Å². The molecule has 5 heteroatoms. The highest BCUT2D eigenvalue weighted by Crippen LogP contribution is 2.22. The minimum atomic E-state index is -0.318. The number of carbonyl (C=O) groups is 2. The number of nitrogens with zero attached hydrogens (tertiary/aromatic N) is 1. The molecule has 0 aliphatic carbocycles. The standard InChI is InChI=1S/C21H29NO4/c1-3-4-13-20(26-17(2)23)15-19-12-8-9-14-22(19)21(24)25-16-18-10-6-5-7-11-18/h5-7,10-11,15,19H,3-4,8-9,12-14,16H2,1-2H3/b20-15+. The third kappa shape index (κ3) is 6.54. The number of piperidine rings is 1. The Bertz CT molecular complexity index is 612. The van der Waals surface area contributed by atoms with Crippen LogP contribution in [0.2, 0.25) is 0 Å². The number of esters is 1. The highest BCUT2D eigenvalue weighted by molar-refractivity contribution is 5.69. The molecule has 1 unspecified atom stereocenters. The lowest BCUT2D eigenvalue weighted by molar-refractivity contribution is -0.137. The van der Waals surface area contributed by atoms with Gasteiger partial charge in [-0.15, -0.1) is 0 Å². The SMILES string of the molecule is CCCC/C(=C\C1CCCCN1C(=O)OCc1ccccc1)OC(C)=O. The number of likely N-dealkylation sites (tertiary alicyclic amines) is 1. The van der Waals surface area contributed by atoms with E-state index in [0.29, 0.717) is 18.7 Å². The van der Waals surface area contributed by atoms with Crippen LogP contribution in [0.3, 0.4) is 0 Å². The van der Waals surface area contributed by atoms with Gasteiger partial charge in [-0.25, -0.2) is 4.79 Å². The quantitative estimate of drug-likeness (QED) is 0.517. The normalized spacial score (nSPS) is 17.7. The number of unbranched alkanes of at least 4 members (excludes halogenated alkanes) is 1. The van der Waals surface area contributed by atoms with Crippen molar-refractivity contribution in [2.24, 2.45) is 0 Å². The van der Waals surface area contributed by atoms with Crippen LogP contribution in [-0.2, 0) is 20.9 Å². The van der Waals surface area contributed by atoms with Crippen LogP contribution in [0.25, 0.3) is 0 Å². The zero-order valence-electron chi connectivity index (χ0n) is 15.8. The molecule has 1 amide bonds. The summed E-state index contributed by atoms with van der Waals surface area (Å²) in [5.74, 6) is 0.341. The summed E-state index contributed by atoms with van der Waals surface area (Å²) in [5, 5.41) is 0. The first-order chi connectivity index (χ1) is 12.6. The molecule has 1 heterocycles. The first kappa shape index (κ1) is 20.0. The number of amides is 1. The Kier molecular flexibility index (Phi) is 8.19. The van der Waals surface area contributed by atoms with Crippen LogP contribution >= 0.6 is 0 Å². The number of ether oxygens (including phenoxy) is 2. The predicted octanol–water partition coefficient (Wildman–Crippen LogP) is 4.81. The van der Waals surface area contributed by atoms with E-state index in [4.69, 9.17) is 9.47 Å². The fourth-order valence-electron chi connectivity index (χ4n) is 3.08. The molecule has 0 saturated carbocycles. The first-order valence-corrected chi connectivity index (χ1v) is 9.46. The number of carbonyl (C=O) groups excluding carboxylic acids is 2. The van der Waals surface area contributed by atoms with E-state index in [1.807, 2.05) is 36.4 Å². The van der Waals surface area contributed by atoms with E-state index in [1.165, 1.54) is 6.92 Å². The van der Waals surface area contributed by atoms with Crippen molar-refractivity contribution in [1.29, 1.82) is 0 Å². The van der Waals surface area contributed by atoms with Crippen LogP contribution < -0.4 is 0 Å². The summed E-state index contributed by atoms with van der Waals surface area (Å²) < 4.78 is 10.8. The van der Waals surface area contributed by atoms with E-state index >= 15 is 0 Å². The second-order valence-corrected chi connectivity index (χ2v) is 6.63. The van der Waals surface area contributed by atoms with E-state index in [0.717, 1.165) is 37.7 Å². The molecule has 0 bridgehead atoms. The molecular weight excluding hydrogens is 330 g/mol. The lowest BCUT2D eigenvalue weighted by atomic mass is 10.0. The van der Waals surface area contributed by atoms with Gasteiger partial charge in [-0.2, -0.15) is 0 Å². The minimum absolute atomic E-state index is 0.0850. The molecule has 1 aromatic rings. The van der Waals surface area contributed by atoms with Gasteiger partial charge in [0.15, 0.2) is 0 Å². The van der Waals surface area contributed by atoms with E-state index < -0.39 is 0 Å². The third-order valence-electron chi connectivity index (χ3n) is 4.42. The van der Waals surface area contributed by atoms with E-state index in [-0.39, 0.29) is 24.7 Å². The number of allylic oxidation sites excluding steroid dienone is 1. The first-order valence-electron chi connectivity index (χ1n) is 9.46. The van der Waals surface area contributed by atoms with Crippen molar-refractivity contribution >= 4 is 12.1 Å². The Balaban J connectivity index is 2.03. The Morgan fingerprint density at radius 2 is 2.00 bits per heavy atom. The van der Waals surface area contributed by atoms with Crippen molar-refractivity contribution in [3.63, 3.8) is 0 Å². The maximum Gasteiger partial charge on any atom is 0.410 e. The maximum absolute atomic E-state index is 12.6. The average Bonchev–Trinajstić information content (AvgIpc) is 2.65. The van der Waals surface area contributed by atoms with Gasteiger partial charge >= 0.3 is 12.1 Å². The van der Waals surface area contributed by atoms with E-state index in [1.54, 1.807) is 4.90 Å². The second kappa shape index (κ2) is 10.6. The Morgan fingerprint density at radius 1 is 1.23 bits per heavy atom. The topological polar surface area (TPSA) is 55.8 Å². The maximum atomic E-state index is 12.6. The Hall–Kier alpha value is -2.30. The Labute approximate surface area is 156 Å². The van der Waals surface area contributed by atoms with Crippen molar-refractivity contribution in [3.8, 4) is 0 Å². The second-order valence-electron chi connectivity index (χ2n) is 6.63. The van der Waals surface area contributed by atoms with Crippen LogP contribution in [-0.4, -0.2) is 29.5 Å². The lowest BCUT2D eigenvalue weighted by Gasteiger charge is -2.33. The van der Waals surface area contributed by atoms with Gasteiger partial charge in [0, 0.05) is 19.9 Å². The third-order valence-corrected chi connectivity index (χ3v) is 4.42. The van der Waals surface area contributed by atoms with Crippen molar-refractivity contribution in [1.82, 2.24) is 4.90 Å². The van der Waals surface area contributed by atoms with Crippen molar-refractivity contribution < 1.29 is 19.1 Å². The van der Waals surface area contributed by atoms with Gasteiger partial charge in [0.05, 0.1) is 6.04 Å². The summed E-state index contributed by atoms with van der Waals surface area (Å²) in [4.78, 5) is 25.7. The summed E-state index contributed by atoms with van der Waals surface area (Å²) >= 11 is 0. The molecule has 0 spiro atoms. The molecule has 1 aliphatic heterocycles. The highest BCUT2D eigenvalue weighted by atomic mass is 16.6. The summed E-state index contributed by atoms with van der Waals surface area (Å²) in [6.07, 6.45) is 7.16. The molecule has 0 radical (unpaired) electrons. The molecule has 5 nitrogen and oxygen atoms in total. The summed E-state index contributed by atoms with van der Waals surface area (Å²) in [5.41, 5.74) is 0.966. The molecule has 0 N–H and O–H groups in total. The fourth-order valence-corrected chi connectivity index (χ4v) is 3.08. The van der Waals surface area contributed by atoms with Crippen LogP contribution in [0.1, 0.15) is 57.9 Å². The van der Waals surface area contributed by atoms with E-state index in [9.17, 15) is 9.59 Å². The summed E-state index contributed by atoms with van der Waals surface area (Å²) in [7, 11) is 0. The smallest absolute Gasteiger partial charge is 0.410 e. The van der Waals surface area contributed by atoms with Crippen LogP contribution in [0, 0.1) is 0 Å². The number of hydrogen-bond acceptors (Lipinski definition) is 4. The van der Waals surface area contributed by atoms with E-state index in [2.05, 4.69) is 6.92 Å².